The number of carbonyl (C=O) groups excluding carboxylic acids is 1. The van der Waals surface area contributed by atoms with Crippen molar-refractivity contribution in [2.75, 3.05) is 54.4 Å². The summed E-state index contributed by atoms with van der Waals surface area (Å²) in [6, 6.07) is 8.37. The number of carbonyl (C=O) groups is 1. The van der Waals surface area contributed by atoms with Gasteiger partial charge in [0.1, 0.15) is 5.75 Å². The maximum atomic E-state index is 12.8. The number of nitrogens with zero attached hydrogens (tertiary/aromatic N) is 3. The van der Waals surface area contributed by atoms with Crippen molar-refractivity contribution in [3.05, 3.63) is 29.8 Å². The molecule has 186 valence electrons. The fourth-order valence-electron chi connectivity index (χ4n) is 5.04. The van der Waals surface area contributed by atoms with Crippen LogP contribution in [0, 0.1) is 11.3 Å². The van der Waals surface area contributed by atoms with Gasteiger partial charge in [-0.15, -0.1) is 24.0 Å². The highest BCUT2D eigenvalue weighted by Crippen LogP contribution is 2.38. The molecule has 1 aliphatic carbocycles. The van der Waals surface area contributed by atoms with Crippen molar-refractivity contribution in [3.8, 4) is 5.75 Å². The van der Waals surface area contributed by atoms with Crippen LogP contribution in [0.2, 0.25) is 0 Å². The SMILES string of the molecule is CN=C(NCC1CCN(Cc2ccc(OC)cc2)CC1)NCC1(C(=O)N(C)C)CCCC1.I. The molecule has 1 saturated heterocycles. The van der Waals surface area contributed by atoms with Gasteiger partial charge in [-0.2, -0.15) is 0 Å². The van der Waals surface area contributed by atoms with Crippen molar-refractivity contribution in [2.45, 2.75) is 45.1 Å². The number of guanidine groups is 1. The Kier molecular flexibility index (Phi) is 11.2. The van der Waals surface area contributed by atoms with E-state index in [1.165, 1.54) is 18.4 Å². The molecule has 1 aliphatic heterocycles. The monoisotopic (exact) mass is 571 g/mol. The number of likely N-dealkylation sites (tertiary alicyclic amines) is 1. The second kappa shape index (κ2) is 13.4. The molecule has 33 heavy (non-hydrogen) atoms. The molecule has 2 N–H and O–H groups in total. The van der Waals surface area contributed by atoms with Crippen molar-refractivity contribution < 1.29 is 9.53 Å². The van der Waals surface area contributed by atoms with E-state index in [0.29, 0.717) is 12.5 Å². The zero-order valence-corrected chi connectivity index (χ0v) is 23.1. The largest absolute Gasteiger partial charge is 0.497 e. The minimum absolute atomic E-state index is 0. The third-order valence-corrected chi connectivity index (χ3v) is 7.07. The highest BCUT2D eigenvalue weighted by atomic mass is 127. The van der Waals surface area contributed by atoms with Gasteiger partial charge in [-0.05, 0) is 62.4 Å². The summed E-state index contributed by atoms with van der Waals surface area (Å²) >= 11 is 0. The first-order valence-corrected chi connectivity index (χ1v) is 12.0. The van der Waals surface area contributed by atoms with Gasteiger partial charge in [0, 0.05) is 40.8 Å². The van der Waals surface area contributed by atoms with Gasteiger partial charge in [-0.3, -0.25) is 14.7 Å². The molecule has 1 saturated carbocycles. The minimum Gasteiger partial charge on any atom is -0.497 e. The van der Waals surface area contributed by atoms with E-state index in [-0.39, 0.29) is 35.3 Å². The molecule has 1 aromatic carbocycles. The molecule has 8 heteroatoms. The van der Waals surface area contributed by atoms with Crippen LogP contribution in [0.25, 0.3) is 0 Å². The maximum Gasteiger partial charge on any atom is 0.230 e. The van der Waals surface area contributed by atoms with E-state index in [1.807, 2.05) is 33.3 Å². The number of rotatable bonds is 8. The van der Waals surface area contributed by atoms with E-state index < -0.39 is 0 Å². The fourth-order valence-corrected chi connectivity index (χ4v) is 5.04. The van der Waals surface area contributed by atoms with E-state index in [2.05, 4.69) is 32.7 Å². The highest BCUT2D eigenvalue weighted by molar-refractivity contribution is 14.0. The molecule has 1 amide bonds. The van der Waals surface area contributed by atoms with Crippen molar-refractivity contribution in [1.82, 2.24) is 20.4 Å². The smallest absolute Gasteiger partial charge is 0.230 e. The quantitative estimate of drug-likeness (QED) is 0.285. The number of aliphatic imine (C=N–C) groups is 1. The van der Waals surface area contributed by atoms with Crippen molar-refractivity contribution in [2.24, 2.45) is 16.3 Å². The lowest BCUT2D eigenvalue weighted by Crippen LogP contribution is -2.50. The second-order valence-corrected chi connectivity index (χ2v) is 9.56. The minimum atomic E-state index is -0.284. The lowest BCUT2D eigenvalue weighted by atomic mass is 9.84. The number of methoxy groups -OCH3 is 1. The van der Waals surface area contributed by atoms with Crippen LogP contribution in [0.3, 0.4) is 0 Å². The van der Waals surface area contributed by atoms with Gasteiger partial charge in [0.15, 0.2) is 5.96 Å². The normalized spacial score (nSPS) is 19.0. The molecule has 0 spiro atoms. The lowest BCUT2D eigenvalue weighted by molar-refractivity contribution is -0.138. The van der Waals surface area contributed by atoms with E-state index in [4.69, 9.17) is 4.74 Å². The maximum absolute atomic E-state index is 12.8. The van der Waals surface area contributed by atoms with Crippen molar-refractivity contribution in [1.29, 1.82) is 0 Å². The van der Waals surface area contributed by atoms with Gasteiger partial charge in [0.25, 0.3) is 0 Å². The van der Waals surface area contributed by atoms with Gasteiger partial charge < -0.3 is 20.3 Å². The van der Waals surface area contributed by atoms with Crippen LogP contribution in [-0.2, 0) is 11.3 Å². The Labute approximate surface area is 216 Å². The summed E-state index contributed by atoms with van der Waals surface area (Å²) < 4.78 is 5.25. The molecule has 7 nitrogen and oxygen atoms in total. The third kappa shape index (κ3) is 7.73. The molecule has 0 bridgehead atoms. The zero-order valence-electron chi connectivity index (χ0n) is 20.7. The Morgan fingerprint density at radius 2 is 1.79 bits per heavy atom. The second-order valence-electron chi connectivity index (χ2n) is 9.56. The van der Waals surface area contributed by atoms with E-state index in [1.54, 1.807) is 12.0 Å². The summed E-state index contributed by atoms with van der Waals surface area (Å²) in [5.41, 5.74) is 1.05. The number of hydrogen-bond acceptors (Lipinski definition) is 4. The summed E-state index contributed by atoms with van der Waals surface area (Å²) in [5.74, 6) is 2.60. The van der Waals surface area contributed by atoms with Crippen LogP contribution in [0.4, 0.5) is 0 Å². The Hall–Kier alpha value is -1.55. The van der Waals surface area contributed by atoms with E-state index in [0.717, 1.165) is 63.6 Å². The number of hydrogen-bond donors (Lipinski definition) is 2. The van der Waals surface area contributed by atoms with Crippen molar-refractivity contribution in [3.63, 3.8) is 0 Å². The Morgan fingerprint density at radius 3 is 2.33 bits per heavy atom. The Balaban J connectivity index is 0.00000385. The Bertz CT molecular complexity index is 755. The van der Waals surface area contributed by atoms with Gasteiger partial charge >= 0.3 is 0 Å². The third-order valence-electron chi connectivity index (χ3n) is 7.07. The summed E-state index contributed by atoms with van der Waals surface area (Å²) in [6.45, 7) is 4.81. The molecule has 0 aromatic heterocycles. The molecule has 0 atom stereocenters. The standard InChI is InChI=1S/C25H41N5O2.HI/c1-26-24(28-19-25(13-5-6-14-25)23(31)29(2)3)27-17-20-11-15-30(16-12-20)18-21-7-9-22(32-4)10-8-21;/h7-10,20H,5-6,11-19H2,1-4H3,(H2,26,27,28);1H. The van der Waals surface area contributed by atoms with Gasteiger partial charge in [0.2, 0.25) is 5.91 Å². The molecule has 1 heterocycles. The number of ether oxygens (including phenoxy) is 1. The Morgan fingerprint density at radius 1 is 1.15 bits per heavy atom. The van der Waals surface area contributed by atoms with Gasteiger partial charge in [-0.25, -0.2) is 0 Å². The lowest BCUT2D eigenvalue weighted by Gasteiger charge is -2.33. The summed E-state index contributed by atoms with van der Waals surface area (Å²) in [7, 11) is 7.23. The average Bonchev–Trinajstić information content (AvgIpc) is 3.30. The molecular formula is C25H42IN5O2. The van der Waals surface area contributed by atoms with Gasteiger partial charge in [-0.1, -0.05) is 25.0 Å². The van der Waals surface area contributed by atoms with Crippen LogP contribution >= 0.6 is 24.0 Å². The van der Waals surface area contributed by atoms with Crippen LogP contribution in [0.5, 0.6) is 5.75 Å². The topological polar surface area (TPSA) is 69.2 Å². The highest BCUT2D eigenvalue weighted by Gasteiger charge is 2.42. The molecule has 3 rings (SSSR count). The molecular weight excluding hydrogens is 529 g/mol. The van der Waals surface area contributed by atoms with Crippen LogP contribution in [0.1, 0.15) is 44.1 Å². The number of piperidine rings is 1. The number of benzene rings is 1. The molecule has 1 aromatic rings. The van der Waals surface area contributed by atoms with E-state index in [9.17, 15) is 4.79 Å². The van der Waals surface area contributed by atoms with Crippen LogP contribution in [0.15, 0.2) is 29.3 Å². The molecule has 2 aliphatic rings. The van der Waals surface area contributed by atoms with Gasteiger partial charge in [0.05, 0.1) is 12.5 Å². The van der Waals surface area contributed by atoms with Crippen molar-refractivity contribution >= 4 is 35.8 Å². The first-order chi connectivity index (χ1) is 15.5. The average molecular weight is 572 g/mol. The van der Waals surface area contributed by atoms with Crippen LogP contribution < -0.4 is 15.4 Å². The zero-order chi connectivity index (χ0) is 23.0. The summed E-state index contributed by atoms with van der Waals surface area (Å²) in [6.07, 6.45) is 6.54. The summed E-state index contributed by atoms with van der Waals surface area (Å²) in [4.78, 5) is 21.5. The molecule has 0 unspecified atom stereocenters. The van der Waals surface area contributed by atoms with E-state index >= 15 is 0 Å². The first kappa shape index (κ1) is 27.7. The first-order valence-electron chi connectivity index (χ1n) is 12.0. The fraction of sp³-hybridized carbons (Fsp3) is 0.680. The molecule has 2 fully saturated rings. The summed E-state index contributed by atoms with van der Waals surface area (Å²) in [5, 5.41) is 6.96. The number of nitrogens with one attached hydrogen (secondary N) is 2. The predicted octanol–water partition coefficient (Wildman–Crippen LogP) is 3.34. The predicted molar refractivity (Wildman–Crippen MR) is 145 cm³/mol. The number of amides is 1. The van der Waals surface area contributed by atoms with Crippen LogP contribution in [-0.4, -0.2) is 76.1 Å². The number of halogens is 1. The molecule has 0 radical (unpaired) electrons.